The van der Waals surface area contributed by atoms with Crippen LogP contribution in [0.15, 0.2) is 70.6 Å². The number of thiophene rings is 1. The van der Waals surface area contributed by atoms with Gasteiger partial charge >= 0.3 is 0 Å². The van der Waals surface area contributed by atoms with Gasteiger partial charge in [0.2, 0.25) is 0 Å². The van der Waals surface area contributed by atoms with Gasteiger partial charge in [0, 0.05) is 16.0 Å². The number of carbonyl (C=O) groups excluding carboxylic acids is 1. The molecule has 2 heterocycles. The second-order valence-electron chi connectivity index (χ2n) is 6.03. The molecule has 4 nitrogen and oxygen atoms in total. The maximum atomic E-state index is 12.7. The van der Waals surface area contributed by atoms with Gasteiger partial charge in [0.15, 0.2) is 10.9 Å². The number of aromatic nitrogens is 2. The van der Waals surface area contributed by atoms with Crippen LogP contribution in [0.1, 0.15) is 15.2 Å². The third kappa shape index (κ3) is 3.59. The number of rotatable bonds is 5. The molecule has 0 radical (unpaired) electrons. The molecule has 2 aromatic carbocycles. The van der Waals surface area contributed by atoms with E-state index < -0.39 is 0 Å². The normalized spacial score (nSPS) is 11.0. The molecule has 0 saturated heterocycles. The summed E-state index contributed by atoms with van der Waals surface area (Å²) in [6.07, 6.45) is 0. The van der Waals surface area contributed by atoms with Crippen LogP contribution in [0.3, 0.4) is 0 Å². The van der Waals surface area contributed by atoms with E-state index in [1.54, 1.807) is 12.1 Å². The lowest BCUT2D eigenvalue weighted by Gasteiger charge is -2.03. The van der Waals surface area contributed by atoms with Crippen molar-refractivity contribution in [1.82, 2.24) is 9.97 Å². The van der Waals surface area contributed by atoms with Gasteiger partial charge in [0.1, 0.15) is 4.83 Å². The molecule has 27 heavy (non-hydrogen) atoms. The van der Waals surface area contributed by atoms with E-state index in [0.29, 0.717) is 20.9 Å². The summed E-state index contributed by atoms with van der Waals surface area (Å²) in [4.78, 5) is 34.2. The molecular weight excluding hydrogens is 376 g/mol. The Kier molecular flexibility index (Phi) is 4.92. The number of benzene rings is 2. The van der Waals surface area contributed by atoms with Crippen LogP contribution in [0.5, 0.6) is 0 Å². The smallest absolute Gasteiger partial charge is 0.260 e. The number of aryl methyl sites for hydroxylation is 1. The minimum absolute atomic E-state index is 0.00989. The monoisotopic (exact) mass is 392 g/mol. The number of fused-ring (bicyclic) bond motifs is 1. The minimum Gasteiger partial charge on any atom is -0.301 e. The fourth-order valence-corrected chi connectivity index (χ4v) is 4.82. The van der Waals surface area contributed by atoms with Gasteiger partial charge < -0.3 is 4.98 Å². The highest BCUT2D eigenvalue weighted by Gasteiger charge is 2.17. The molecule has 0 aliphatic rings. The predicted molar refractivity (Wildman–Crippen MR) is 112 cm³/mol. The van der Waals surface area contributed by atoms with E-state index in [-0.39, 0.29) is 17.1 Å². The van der Waals surface area contributed by atoms with Crippen molar-refractivity contribution < 1.29 is 4.79 Å². The molecule has 2 aromatic heterocycles. The van der Waals surface area contributed by atoms with Gasteiger partial charge in [-0.05, 0) is 12.5 Å². The number of hydrogen-bond donors (Lipinski definition) is 1. The van der Waals surface area contributed by atoms with Crippen LogP contribution >= 0.6 is 23.1 Å². The van der Waals surface area contributed by atoms with Gasteiger partial charge in [-0.1, -0.05) is 72.4 Å². The number of Topliss-reactive ketones (excluding diaryl/α,β-unsaturated/α-hetero) is 1. The lowest BCUT2D eigenvalue weighted by atomic mass is 10.0. The molecule has 0 fully saturated rings. The quantitative estimate of drug-likeness (QED) is 0.297. The van der Waals surface area contributed by atoms with Crippen molar-refractivity contribution >= 4 is 39.1 Å². The minimum atomic E-state index is -0.169. The molecule has 1 N–H and O–H groups in total. The Labute approximate surface area is 164 Å². The predicted octanol–water partition coefficient (Wildman–Crippen LogP) is 4.94. The summed E-state index contributed by atoms with van der Waals surface area (Å²) in [6.45, 7) is 2.00. The lowest BCUT2D eigenvalue weighted by molar-refractivity contribution is 0.102. The standard InChI is InChI=1S/C21H16N2O2S2/c1-13-17(15-10-6-3-7-11-15)18-19(25)22-21(23-20(18)27-13)26-12-16(24)14-8-4-2-5-9-14/h2-11H,12H2,1H3,(H,22,23,25). The van der Waals surface area contributed by atoms with Gasteiger partial charge in [0.25, 0.3) is 5.56 Å². The largest absolute Gasteiger partial charge is 0.301 e. The van der Waals surface area contributed by atoms with Gasteiger partial charge in [0.05, 0.1) is 11.1 Å². The molecular formula is C21H16N2O2S2. The van der Waals surface area contributed by atoms with Crippen LogP contribution in [-0.2, 0) is 0 Å². The molecule has 6 heteroatoms. The maximum Gasteiger partial charge on any atom is 0.260 e. The summed E-state index contributed by atoms with van der Waals surface area (Å²) in [5.74, 6) is 0.240. The number of aromatic amines is 1. The molecule has 134 valence electrons. The van der Waals surface area contributed by atoms with Gasteiger partial charge in [-0.15, -0.1) is 11.3 Å². The van der Waals surface area contributed by atoms with Crippen molar-refractivity contribution in [3.8, 4) is 11.1 Å². The molecule has 0 atom stereocenters. The van der Waals surface area contributed by atoms with Crippen molar-refractivity contribution in [2.45, 2.75) is 12.1 Å². The summed E-state index contributed by atoms with van der Waals surface area (Å²) in [7, 11) is 0. The van der Waals surface area contributed by atoms with E-state index in [1.165, 1.54) is 23.1 Å². The van der Waals surface area contributed by atoms with Crippen LogP contribution in [0.4, 0.5) is 0 Å². The zero-order valence-electron chi connectivity index (χ0n) is 14.6. The average molecular weight is 393 g/mol. The zero-order chi connectivity index (χ0) is 18.8. The fourth-order valence-electron chi connectivity index (χ4n) is 2.96. The molecule has 0 amide bonds. The maximum absolute atomic E-state index is 12.7. The Hall–Kier alpha value is -2.70. The summed E-state index contributed by atoms with van der Waals surface area (Å²) >= 11 is 2.76. The average Bonchev–Trinajstić information content (AvgIpc) is 3.04. The Morgan fingerprint density at radius 2 is 1.74 bits per heavy atom. The van der Waals surface area contributed by atoms with E-state index in [1.807, 2.05) is 55.5 Å². The van der Waals surface area contributed by atoms with Crippen LogP contribution in [0.2, 0.25) is 0 Å². The summed E-state index contributed by atoms with van der Waals surface area (Å²) in [5.41, 5.74) is 2.43. The summed E-state index contributed by atoms with van der Waals surface area (Å²) in [6, 6.07) is 19.0. The van der Waals surface area contributed by atoms with Crippen LogP contribution in [0.25, 0.3) is 21.3 Å². The lowest BCUT2D eigenvalue weighted by Crippen LogP contribution is -2.10. The van der Waals surface area contributed by atoms with Crippen molar-refractivity contribution in [1.29, 1.82) is 0 Å². The van der Waals surface area contributed by atoms with Crippen LogP contribution in [-0.4, -0.2) is 21.5 Å². The topological polar surface area (TPSA) is 62.8 Å². The van der Waals surface area contributed by atoms with Gasteiger partial charge in [-0.25, -0.2) is 4.98 Å². The molecule has 0 spiro atoms. The first-order chi connectivity index (χ1) is 13.1. The highest BCUT2D eigenvalue weighted by atomic mass is 32.2. The SMILES string of the molecule is Cc1sc2nc(SCC(=O)c3ccccc3)[nH]c(=O)c2c1-c1ccccc1. The number of nitrogens with zero attached hydrogens (tertiary/aromatic N) is 1. The van der Waals surface area contributed by atoms with Gasteiger partial charge in [-0.2, -0.15) is 0 Å². The molecule has 0 unspecified atom stereocenters. The molecule has 4 rings (SSSR count). The third-order valence-corrected chi connectivity index (χ3v) is 6.09. The van der Waals surface area contributed by atoms with Crippen molar-refractivity contribution in [3.63, 3.8) is 0 Å². The highest BCUT2D eigenvalue weighted by Crippen LogP contribution is 2.35. The van der Waals surface area contributed by atoms with E-state index in [4.69, 9.17) is 0 Å². The first-order valence-corrected chi connectivity index (χ1v) is 10.2. The Bertz CT molecular complexity index is 1170. The first kappa shape index (κ1) is 17.7. The second kappa shape index (κ2) is 7.50. The number of ketones is 1. The van der Waals surface area contributed by atoms with Crippen molar-refractivity contribution in [2.24, 2.45) is 0 Å². The molecule has 0 saturated carbocycles. The van der Waals surface area contributed by atoms with E-state index in [0.717, 1.165) is 16.0 Å². The van der Waals surface area contributed by atoms with Crippen molar-refractivity contribution in [3.05, 3.63) is 81.5 Å². The molecule has 0 aliphatic carbocycles. The second-order valence-corrected chi connectivity index (χ2v) is 8.20. The number of H-pyrrole nitrogens is 1. The molecule has 0 bridgehead atoms. The summed E-state index contributed by atoms with van der Waals surface area (Å²) < 4.78 is 0. The zero-order valence-corrected chi connectivity index (χ0v) is 16.2. The fraction of sp³-hybridized carbons (Fsp3) is 0.0952. The van der Waals surface area contributed by atoms with E-state index in [2.05, 4.69) is 9.97 Å². The summed E-state index contributed by atoms with van der Waals surface area (Å²) in [5, 5.41) is 1.08. The first-order valence-electron chi connectivity index (χ1n) is 8.43. The highest BCUT2D eigenvalue weighted by molar-refractivity contribution is 7.99. The van der Waals surface area contributed by atoms with Gasteiger partial charge in [-0.3, -0.25) is 9.59 Å². The number of hydrogen-bond acceptors (Lipinski definition) is 5. The Morgan fingerprint density at radius 3 is 2.44 bits per heavy atom. The third-order valence-electron chi connectivity index (χ3n) is 4.21. The number of carbonyl (C=O) groups is 1. The number of thioether (sulfide) groups is 1. The molecule has 0 aliphatic heterocycles. The van der Waals surface area contributed by atoms with Crippen LogP contribution in [0, 0.1) is 6.92 Å². The van der Waals surface area contributed by atoms with Crippen LogP contribution < -0.4 is 5.56 Å². The Morgan fingerprint density at radius 1 is 1.07 bits per heavy atom. The van der Waals surface area contributed by atoms with E-state index in [9.17, 15) is 9.59 Å². The van der Waals surface area contributed by atoms with Crippen molar-refractivity contribution in [2.75, 3.05) is 5.75 Å². The van der Waals surface area contributed by atoms with E-state index >= 15 is 0 Å². The molecule has 4 aromatic rings. The number of nitrogens with one attached hydrogen (secondary N) is 1. The Balaban J connectivity index is 1.65.